The van der Waals surface area contributed by atoms with Crippen LogP contribution in [0, 0.1) is 27.3 Å². The molecule has 69 heavy (non-hydrogen) atoms. The minimum atomic E-state index is -0.483. The Bertz CT molecular complexity index is 2690. The normalized spacial score (nSPS) is 32.4. The van der Waals surface area contributed by atoms with Gasteiger partial charge in [-0.1, -0.05) is 36.5 Å². The third-order valence-corrected chi connectivity index (χ3v) is 16.6. The fourth-order valence-corrected chi connectivity index (χ4v) is 13.0. The maximum atomic E-state index is 10.1. The summed E-state index contributed by atoms with van der Waals surface area (Å²) in [6.07, 6.45) is 17.4. The fourth-order valence-electron chi connectivity index (χ4n) is 13.0. The Morgan fingerprint density at radius 3 is 1.67 bits per heavy atom. The molecule has 0 saturated heterocycles. The zero-order chi connectivity index (χ0) is 48.0. The van der Waals surface area contributed by atoms with Crippen molar-refractivity contribution in [2.24, 2.45) is 0 Å². The Hall–Kier alpha value is -4.88. The smallest absolute Gasteiger partial charge is 0.305 e. The van der Waals surface area contributed by atoms with Gasteiger partial charge in [-0.15, -0.1) is 0 Å². The van der Waals surface area contributed by atoms with E-state index in [1.54, 1.807) is 21.3 Å². The molecule has 3 spiro atoms. The number of aliphatic hydroxyl groups excluding tert-OH is 3. The van der Waals surface area contributed by atoms with Gasteiger partial charge in [0.25, 0.3) is 0 Å². The van der Waals surface area contributed by atoms with Crippen LogP contribution in [0.3, 0.4) is 0 Å². The first-order chi connectivity index (χ1) is 32.6. The Kier molecular flexibility index (Phi) is 13.1. The zero-order valence-corrected chi connectivity index (χ0v) is 42.9. The number of aliphatic hydroxyl groups is 3. The van der Waals surface area contributed by atoms with Crippen molar-refractivity contribution in [2.75, 3.05) is 62.1 Å². The molecule has 0 saturated carbocycles. The summed E-state index contributed by atoms with van der Waals surface area (Å²) in [5, 5.41) is 30.1. The Balaban J connectivity index is 0.000000128. The van der Waals surface area contributed by atoms with E-state index in [0.717, 1.165) is 96.6 Å². The lowest BCUT2D eigenvalue weighted by Crippen LogP contribution is -3.00. The molecular weight excluding hydrogens is 941 g/mol. The van der Waals surface area contributed by atoms with E-state index in [1.807, 2.05) is 38.3 Å². The van der Waals surface area contributed by atoms with Gasteiger partial charge < -0.3 is 65.6 Å². The molecule has 3 aromatic carbocycles. The molecule has 6 aliphatic heterocycles. The largest absolute Gasteiger partial charge is 1.00 e. The average molecular weight is 1010 g/mol. The highest BCUT2D eigenvalue weighted by Crippen LogP contribution is 2.60. The van der Waals surface area contributed by atoms with Crippen molar-refractivity contribution >= 4 is 6.21 Å². The van der Waals surface area contributed by atoms with Crippen molar-refractivity contribution < 1.29 is 65.3 Å². The van der Waals surface area contributed by atoms with E-state index < -0.39 is 18.3 Å². The number of benzene rings is 3. The molecule has 0 radical (unpaired) electrons. The molecule has 9 aliphatic rings. The van der Waals surface area contributed by atoms with Crippen LogP contribution in [0.2, 0.25) is 0 Å². The summed E-state index contributed by atoms with van der Waals surface area (Å²) in [7, 11) is 11.3. The first-order valence-corrected chi connectivity index (χ1v) is 24.2. The lowest BCUT2D eigenvalue weighted by atomic mass is 9.68. The summed E-state index contributed by atoms with van der Waals surface area (Å²) in [5.74, 6) is 4.84. The summed E-state index contributed by atoms with van der Waals surface area (Å²) in [5.41, 5.74) is 10.2. The maximum absolute atomic E-state index is 10.1. The van der Waals surface area contributed by atoms with Gasteiger partial charge in [0.1, 0.15) is 31.9 Å². The van der Waals surface area contributed by atoms with Gasteiger partial charge in [0.15, 0.2) is 40.7 Å². The van der Waals surface area contributed by atoms with E-state index in [1.165, 1.54) is 33.4 Å². The van der Waals surface area contributed by atoms with Gasteiger partial charge in [0.2, 0.25) is 0 Å². The van der Waals surface area contributed by atoms with E-state index in [0.29, 0.717) is 19.3 Å². The second-order valence-electron chi connectivity index (χ2n) is 20.6. The number of halogens is 1. The summed E-state index contributed by atoms with van der Waals surface area (Å²) >= 11 is 0. The zero-order valence-electron chi connectivity index (χ0n) is 41.3. The average Bonchev–Trinajstić information content (AvgIpc) is 3.83. The van der Waals surface area contributed by atoms with Crippen LogP contribution in [0.1, 0.15) is 94.8 Å². The van der Waals surface area contributed by atoms with Gasteiger partial charge in [-0.3, -0.25) is 4.85 Å². The number of aryl methyl sites for hydroxylation is 3. The van der Waals surface area contributed by atoms with Crippen LogP contribution in [0.4, 0.5) is 0 Å². The van der Waals surface area contributed by atoms with Crippen molar-refractivity contribution in [1.29, 1.82) is 0 Å². The van der Waals surface area contributed by atoms with Crippen LogP contribution in [0.5, 0.6) is 34.5 Å². The monoisotopic (exact) mass is 1010 g/mol. The number of rotatable bonds is 3. The fraction of sp³-hybridized carbons (Fsp3) is 0.527. The summed E-state index contributed by atoms with van der Waals surface area (Å²) in [4.78, 5) is 8.39. The van der Waals surface area contributed by atoms with Gasteiger partial charge in [0.05, 0.1) is 61.4 Å². The molecule has 0 amide bonds. The molecule has 7 unspecified atom stereocenters. The minimum Gasteiger partial charge on any atom is -1.00 e. The van der Waals surface area contributed by atoms with Crippen LogP contribution < -0.4 is 45.4 Å². The standard InChI is InChI=1S/C19H22N2O3.C18H23NO3.C18H22NO3.BrH/c1-11-9-13(23-4)17-16-15(11)18(20-2)21(3)8-7-19(16)6-5-12(22)10-14(19)24-17;2*1-11-8-14(21-3)17-16-13(11)10-19(2)7-6-18(16)5-4-12(20)9-15(18)22-17;/h5-6,9,12,14,18,22H,7-8,10H2,1,3-4H3;4-5,8,12,15,20H,6-7,9-10H2,1-3H3;4-5,8,10,12,15,20H,6-7,9H2,1-3H3;1H/q;;+1;/p-1/t12-,14?,18?,19?;2*12-,15?,18?;/m111./s1. The van der Waals surface area contributed by atoms with E-state index in [-0.39, 0.29) is 57.7 Å². The molecule has 0 bridgehead atoms. The van der Waals surface area contributed by atoms with E-state index in [4.69, 9.17) is 35.0 Å². The molecule has 0 fully saturated rings. The number of ether oxygens (including phenoxy) is 6. The topological polar surface area (TPSA) is 130 Å². The van der Waals surface area contributed by atoms with Crippen LogP contribution in [0.15, 0.2) is 54.7 Å². The minimum absolute atomic E-state index is 0. The van der Waals surface area contributed by atoms with Gasteiger partial charge in [-0.25, -0.2) is 16.0 Å². The maximum Gasteiger partial charge on any atom is 0.305 e. The van der Waals surface area contributed by atoms with Crippen LogP contribution in [-0.2, 0) is 22.8 Å². The number of hydrogen-bond donors (Lipinski definition) is 3. The van der Waals surface area contributed by atoms with E-state index >= 15 is 0 Å². The summed E-state index contributed by atoms with van der Waals surface area (Å²) < 4.78 is 37.9. The van der Waals surface area contributed by atoms with Crippen LogP contribution in [-0.4, -0.2) is 135 Å². The van der Waals surface area contributed by atoms with Crippen molar-refractivity contribution in [2.45, 2.75) is 125 Å². The number of hydrogen-bond acceptors (Lipinski definition) is 11. The predicted octanol–water partition coefficient (Wildman–Crippen LogP) is 3.53. The molecule has 0 aromatic heterocycles. The third kappa shape index (κ3) is 7.69. The molecule has 10 atom stereocenters. The highest BCUT2D eigenvalue weighted by atomic mass is 79.9. The molecule has 3 aromatic rings. The van der Waals surface area contributed by atoms with Gasteiger partial charge in [0, 0.05) is 61.0 Å². The van der Waals surface area contributed by atoms with E-state index in [2.05, 4.69) is 83.7 Å². The first-order valence-electron chi connectivity index (χ1n) is 24.2. The predicted molar refractivity (Wildman–Crippen MR) is 259 cm³/mol. The number of methoxy groups -OCH3 is 3. The Morgan fingerprint density at radius 2 is 1.13 bits per heavy atom. The summed E-state index contributed by atoms with van der Waals surface area (Å²) in [6.45, 7) is 17.8. The molecular formula is C55H67BrN4O9. The van der Waals surface area contributed by atoms with Crippen molar-refractivity contribution in [3.8, 4) is 34.5 Å². The van der Waals surface area contributed by atoms with Crippen molar-refractivity contribution in [3.05, 3.63) is 116 Å². The Labute approximate surface area is 417 Å². The lowest BCUT2D eigenvalue weighted by molar-refractivity contribution is -0.493. The highest BCUT2D eigenvalue weighted by molar-refractivity contribution is 5.86. The summed E-state index contributed by atoms with van der Waals surface area (Å²) in [6, 6.07) is 6.10. The molecule has 12 rings (SSSR count). The molecule has 13 nitrogen and oxygen atoms in total. The van der Waals surface area contributed by atoms with Gasteiger partial charge >= 0.3 is 6.17 Å². The van der Waals surface area contributed by atoms with Gasteiger partial charge in [-0.05, 0) is 94.7 Å². The highest BCUT2D eigenvalue weighted by Gasteiger charge is 2.57. The quantitative estimate of drug-likeness (QED) is 0.203. The second kappa shape index (κ2) is 18.4. The molecule has 3 aliphatic carbocycles. The number of nitrogens with zero attached hydrogens (tertiary/aromatic N) is 4. The van der Waals surface area contributed by atoms with Crippen molar-refractivity contribution in [1.82, 2.24) is 9.80 Å². The lowest BCUT2D eigenvalue weighted by Gasteiger charge is -2.35. The van der Waals surface area contributed by atoms with E-state index in [9.17, 15) is 15.3 Å². The molecule has 368 valence electrons. The van der Waals surface area contributed by atoms with Crippen LogP contribution in [0.25, 0.3) is 4.85 Å². The molecule has 6 heterocycles. The molecule has 3 N–H and O–H groups in total. The SMILES string of the molecule is COc1cc(C)c2c3c1OC1C[C@H](O)C=CC31CCN(C)C2.COc1cc(C)c2c3c1OC1C[C@H](O)C=CC31CC[N+](C)=C2.[Br-].[C-]#[N+]C1c2c(C)cc(OC)c3c2C2(C=C[C@@H](O)CC2O3)CCN1C. The Morgan fingerprint density at radius 1 is 0.667 bits per heavy atom. The third-order valence-electron chi connectivity index (χ3n) is 16.6. The first kappa shape index (κ1) is 49.1. The van der Waals surface area contributed by atoms with Crippen LogP contribution >= 0.6 is 0 Å². The molecule has 14 heteroatoms. The van der Waals surface area contributed by atoms with Crippen molar-refractivity contribution in [3.63, 3.8) is 0 Å². The van der Waals surface area contributed by atoms with Gasteiger partial charge in [-0.2, -0.15) is 0 Å². The second-order valence-corrected chi connectivity index (χ2v) is 20.6.